The van der Waals surface area contributed by atoms with Gasteiger partial charge < -0.3 is 14.3 Å². The average molecular weight is 265 g/mol. The van der Waals surface area contributed by atoms with E-state index in [4.69, 9.17) is 6.11 Å². The monoisotopic (exact) mass is 265 g/mol. The Bertz CT molecular complexity index is 486. The van der Waals surface area contributed by atoms with E-state index in [0.717, 1.165) is 0 Å². The zero-order valence-electron chi connectivity index (χ0n) is 11.8. The average Bonchev–Trinajstić information content (AvgIpc) is 2.44. The van der Waals surface area contributed by atoms with Gasteiger partial charge in [-0.1, -0.05) is 30.3 Å². The van der Waals surface area contributed by atoms with E-state index in [1.807, 2.05) is 0 Å². The van der Waals surface area contributed by atoms with Crippen LogP contribution in [0.25, 0.3) is 0 Å². The van der Waals surface area contributed by atoms with Gasteiger partial charge in [-0.25, -0.2) is 4.79 Å². The molecule has 1 aromatic carbocycles. The Kier molecular flexibility index (Phi) is 5.10. The van der Waals surface area contributed by atoms with Crippen molar-refractivity contribution in [1.82, 2.24) is 0 Å². The molecule has 102 valence electrons. The van der Waals surface area contributed by atoms with Crippen LogP contribution in [0.15, 0.2) is 30.3 Å². The van der Waals surface area contributed by atoms with Gasteiger partial charge in [0.2, 0.25) is 6.10 Å². The van der Waals surface area contributed by atoms with E-state index < -0.39 is 36.6 Å². The summed E-state index contributed by atoms with van der Waals surface area (Å²) in [6.45, 7) is 1.22. The summed E-state index contributed by atoms with van der Waals surface area (Å²) >= 11 is 0. The number of hydrogen-bond acceptors (Lipinski definition) is 5. The Hall–Kier alpha value is -2.17. The van der Waals surface area contributed by atoms with Gasteiger partial charge in [0, 0.05) is 13.3 Å². The Morgan fingerprint density at radius 3 is 2.42 bits per heavy atom. The van der Waals surface area contributed by atoms with E-state index in [9.17, 15) is 14.4 Å². The minimum absolute atomic E-state index is 0.393. The first-order chi connectivity index (χ1) is 9.45. The molecule has 0 saturated carbocycles. The number of methoxy groups -OCH3 is 1. The number of esters is 2. The SMILES string of the molecule is [2H][C@H](CC(=O)O[C@H](C(=O)OC)c1ccccc1)C(C)=O. The third-order valence-electron chi connectivity index (χ3n) is 2.32. The van der Waals surface area contributed by atoms with Crippen LogP contribution in [0.5, 0.6) is 0 Å². The van der Waals surface area contributed by atoms with Gasteiger partial charge in [-0.15, -0.1) is 0 Å². The van der Waals surface area contributed by atoms with Gasteiger partial charge >= 0.3 is 11.9 Å². The van der Waals surface area contributed by atoms with Crippen LogP contribution in [-0.2, 0) is 23.9 Å². The van der Waals surface area contributed by atoms with Gasteiger partial charge in [-0.2, -0.15) is 0 Å². The molecule has 0 bridgehead atoms. The van der Waals surface area contributed by atoms with Gasteiger partial charge in [0.05, 0.1) is 13.5 Å². The van der Waals surface area contributed by atoms with Gasteiger partial charge in [-0.3, -0.25) is 4.79 Å². The number of Topliss-reactive ketones (excluding diaryl/α,β-unsaturated/α-hetero) is 1. The maximum Gasteiger partial charge on any atom is 0.351 e. The van der Waals surface area contributed by atoms with Gasteiger partial charge in [-0.05, 0) is 6.92 Å². The van der Waals surface area contributed by atoms with E-state index in [0.29, 0.717) is 5.56 Å². The largest absolute Gasteiger partial charge is 0.466 e. The first-order valence-corrected chi connectivity index (χ1v) is 5.70. The molecule has 0 N–H and O–H groups in total. The van der Waals surface area contributed by atoms with Crippen molar-refractivity contribution in [2.24, 2.45) is 0 Å². The van der Waals surface area contributed by atoms with E-state index in [-0.39, 0.29) is 0 Å². The minimum atomic E-state index is -1.19. The molecule has 0 fully saturated rings. The Morgan fingerprint density at radius 1 is 1.26 bits per heavy atom. The molecule has 5 nitrogen and oxygen atoms in total. The number of rotatable bonds is 6. The topological polar surface area (TPSA) is 69.7 Å². The Morgan fingerprint density at radius 2 is 1.89 bits per heavy atom. The molecule has 0 unspecified atom stereocenters. The lowest BCUT2D eigenvalue weighted by Crippen LogP contribution is -2.21. The summed E-state index contributed by atoms with van der Waals surface area (Å²) in [5.74, 6) is -1.94. The van der Waals surface area contributed by atoms with E-state index in [1.165, 1.54) is 14.0 Å². The number of carbonyl (C=O) groups excluding carboxylic acids is 3. The first-order valence-electron chi connectivity index (χ1n) is 6.28. The second kappa shape index (κ2) is 7.31. The summed E-state index contributed by atoms with van der Waals surface area (Å²) in [6.07, 6.45) is -2.76. The van der Waals surface area contributed by atoms with Crippen LogP contribution < -0.4 is 0 Å². The lowest BCUT2D eigenvalue weighted by Gasteiger charge is -2.15. The smallest absolute Gasteiger partial charge is 0.351 e. The lowest BCUT2D eigenvalue weighted by atomic mass is 10.1. The van der Waals surface area contributed by atoms with Crippen LogP contribution in [-0.4, -0.2) is 24.8 Å². The molecule has 0 aromatic heterocycles. The van der Waals surface area contributed by atoms with Crippen molar-refractivity contribution in [1.29, 1.82) is 0 Å². The van der Waals surface area contributed by atoms with Gasteiger partial charge in [0.1, 0.15) is 5.78 Å². The highest BCUT2D eigenvalue weighted by molar-refractivity contribution is 5.83. The third-order valence-corrected chi connectivity index (χ3v) is 2.32. The van der Waals surface area contributed by atoms with Crippen molar-refractivity contribution < 1.29 is 25.2 Å². The molecule has 0 heterocycles. The molecule has 0 amide bonds. The van der Waals surface area contributed by atoms with Crippen LogP contribution in [0.2, 0.25) is 0 Å². The van der Waals surface area contributed by atoms with E-state index in [2.05, 4.69) is 4.74 Å². The van der Waals surface area contributed by atoms with Crippen LogP contribution >= 0.6 is 0 Å². The standard InChI is InChI=1S/C14H16O5/c1-10(15)8-9-12(16)19-13(14(17)18-2)11-6-4-3-5-7-11/h3-7,13H,8-9H2,1-2H3/t13-/m0/s1/i8D/t8-,13+/m1. The second-order valence-electron chi connectivity index (χ2n) is 3.82. The Balaban J connectivity index is 2.79. The lowest BCUT2D eigenvalue weighted by molar-refractivity contribution is -0.166. The highest BCUT2D eigenvalue weighted by Crippen LogP contribution is 2.19. The van der Waals surface area contributed by atoms with E-state index in [1.54, 1.807) is 30.3 Å². The predicted octanol–water partition coefficient (Wildman–Crippen LogP) is 1.81. The van der Waals surface area contributed by atoms with Crippen molar-refractivity contribution in [3.05, 3.63) is 35.9 Å². The number of hydrogen-bond donors (Lipinski definition) is 0. The normalized spacial score (nSPS) is 13.9. The summed E-state index contributed by atoms with van der Waals surface area (Å²) in [5.41, 5.74) is 0.469. The molecule has 0 radical (unpaired) electrons. The van der Waals surface area contributed by atoms with Crippen molar-refractivity contribution in [2.75, 3.05) is 7.11 Å². The summed E-state index contributed by atoms with van der Waals surface area (Å²) in [6, 6.07) is 8.40. The summed E-state index contributed by atoms with van der Waals surface area (Å²) in [7, 11) is 1.19. The molecule has 5 heteroatoms. The van der Waals surface area contributed by atoms with Gasteiger partial charge in [0.25, 0.3) is 0 Å². The van der Waals surface area contributed by atoms with Crippen molar-refractivity contribution >= 4 is 17.7 Å². The van der Waals surface area contributed by atoms with Crippen LogP contribution in [0.4, 0.5) is 0 Å². The molecule has 1 rings (SSSR count). The summed E-state index contributed by atoms with van der Waals surface area (Å²) < 4.78 is 17.0. The van der Waals surface area contributed by atoms with Crippen molar-refractivity contribution in [3.63, 3.8) is 0 Å². The number of benzene rings is 1. The molecule has 2 atom stereocenters. The van der Waals surface area contributed by atoms with Crippen LogP contribution in [0, 0.1) is 0 Å². The zero-order valence-corrected chi connectivity index (χ0v) is 10.8. The maximum atomic E-state index is 11.7. The molecule has 0 aliphatic carbocycles. The summed E-state index contributed by atoms with van der Waals surface area (Å²) in [5, 5.41) is 0. The number of ketones is 1. The third kappa shape index (κ3) is 4.91. The molecular weight excluding hydrogens is 248 g/mol. The van der Waals surface area contributed by atoms with Crippen molar-refractivity contribution in [2.45, 2.75) is 25.8 Å². The molecule has 0 saturated heterocycles. The van der Waals surface area contributed by atoms with Crippen LogP contribution in [0.1, 0.15) is 32.8 Å². The second-order valence-corrected chi connectivity index (χ2v) is 3.82. The highest BCUT2D eigenvalue weighted by atomic mass is 16.6. The predicted molar refractivity (Wildman–Crippen MR) is 67.2 cm³/mol. The van der Waals surface area contributed by atoms with E-state index >= 15 is 0 Å². The molecule has 19 heavy (non-hydrogen) atoms. The quantitative estimate of drug-likeness (QED) is 0.734. The molecule has 0 spiro atoms. The fourth-order valence-corrected chi connectivity index (χ4v) is 1.39. The molecule has 1 aromatic rings. The summed E-state index contributed by atoms with van der Waals surface area (Å²) in [4.78, 5) is 34.3. The zero-order chi connectivity index (χ0) is 15.1. The first kappa shape index (κ1) is 13.3. The molecule has 0 aliphatic rings. The maximum absolute atomic E-state index is 11.7. The fourth-order valence-electron chi connectivity index (χ4n) is 1.39. The fraction of sp³-hybridized carbons (Fsp3) is 0.357. The minimum Gasteiger partial charge on any atom is -0.466 e. The molecular formula is C14H16O5. The van der Waals surface area contributed by atoms with Crippen molar-refractivity contribution in [3.8, 4) is 0 Å². The number of ether oxygens (including phenoxy) is 2. The Labute approximate surface area is 112 Å². The molecule has 0 aliphatic heterocycles. The van der Waals surface area contributed by atoms with Crippen LogP contribution in [0.3, 0.4) is 0 Å². The number of carbonyl (C=O) groups is 3. The van der Waals surface area contributed by atoms with Gasteiger partial charge in [0.15, 0.2) is 0 Å². The highest BCUT2D eigenvalue weighted by Gasteiger charge is 2.25.